The first-order valence-electron chi connectivity index (χ1n) is 6.59. The average Bonchev–Trinajstić information content (AvgIpc) is 2.34. The standard InChI is InChI=1S/C15H21NO2/c1-11-8-12(10-17)9-16-14(11)18-13-4-6-15(2,3)7-5-13/h8-10,13H,4-7H2,1-3H3. The summed E-state index contributed by atoms with van der Waals surface area (Å²) in [6.07, 6.45) is 7.22. The number of pyridine rings is 1. The number of hydrogen-bond acceptors (Lipinski definition) is 3. The van der Waals surface area contributed by atoms with Crippen LogP contribution in [0.4, 0.5) is 0 Å². The van der Waals surface area contributed by atoms with Crippen molar-refractivity contribution in [3.8, 4) is 5.88 Å². The van der Waals surface area contributed by atoms with Gasteiger partial charge >= 0.3 is 0 Å². The Morgan fingerprint density at radius 3 is 2.61 bits per heavy atom. The number of carbonyl (C=O) groups excluding carboxylic acids is 1. The summed E-state index contributed by atoms with van der Waals surface area (Å²) in [5.74, 6) is 0.672. The van der Waals surface area contributed by atoms with E-state index >= 15 is 0 Å². The summed E-state index contributed by atoms with van der Waals surface area (Å²) in [5, 5.41) is 0. The number of aryl methyl sites for hydroxylation is 1. The summed E-state index contributed by atoms with van der Waals surface area (Å²) in [4.78, 5) is 14.9. The van der Waals surface area contributed by atoms with Gasteiger partial charge in [0.1, 0.15) is 6.10 Å². The molecule has 0 atom stereocenters. The molecule has 0 bridgehead atoms. The van der Waals surface area contributed by atoms with Crippen molar-refractivity contribution in [3.63, 3.8) is 0 Å². The zero-order chi connectivity index (χ0) is 13.2. The molecule has 0 amide bonds. The van der Waals surface area contributed by atoms with Gasteiger partial charge in [-0.2, -0.15) is 0 Å². The van der Waals surface area contributed by atoms with E-state index in [2.05, 4.69) is 18.8 Å². The molecule has 0 N–H and O–H groups in total. The molecule has 0 saturated heterocycles. The van der Waals surface area contributed by atoms with E-state index in [9.17, 15) is 4.79 Å². The van der Waals surface area contributed by atoms with E-state index in [1.54, 1.807) is 6.20 Å². The number of rotatable bonds is 3. The molecular formula is C15H21NO2. The number of aldehydes is 1. The summed E-state index contributed by atoms with van der Waals surface area (Å²) >= 11 is 0. The second-order valence-corrected chi connectivity index (χ2v) is 5.99. The molecule has 0 radical (unpaired) electrons. The predicted molar refractivity (Wildman–Crippen MR) is 71.0 cm³/mol. The third kappa shape index (κ3) is 3.09. The van der Waals surface area contributed by atoms with Crippen LogP contribution < -0.4 is 4.74 Å². The molecule has 0 unspecified atom stereocenters. The number of carbonyl (C=O) groups is 1. The lowest BCUT2D eigenvalue weighted by atomic mass is 9.76. The van der Waals surface area contributed by atoms with Crippen molar-refractivity contribution in [2.75, 3.05) is 0 Å². The lowest BCUT2D eigenvalue weighted by Crippen LogP contribution is -2.28. The third-order valence-electron chi connectivity index (χ3n) is 3.75. The van der Waals surface area contributed by atoms with Crippen LogP contribution in [0.3, 0.4) is 0 Å². The molecule has 1 aliphatic rings. The van der Waals surface area contributed by atoms with E-state index < -0.39 is 0 Å². The molecule has 18 heavy (non-hydrogen) atoms. The first-order valence-corrected chi connectivity index (χ1v) is 6.59. The number of ether oxygens (including phenoxy) is 1. The van der Waals surface area contributed by atoms with Crippen molar-refractivity contribution in [3.05, 3.63) is 23.4 Å². The van der Waals surface area contributed by atoms with Gasteiger partial charge in [-0.15, -0.1) is 0 Å². The van der Waals surface area contributed by atoms with Gasteiger partial charge in [0.05, 0.1) is 0 Å². The van der Waals surface area contributed by atoms with Crippen molar-refractivity contribution in [1.29, 1.82) is 0 Å². The van der Waals surface area contributed by atoms with Gasteiger partial charge in [-0.3, -0.25) is 4.79 Å². The molecule has 1 fully saturated rings. The minimum atomic E-state index is 0.270. The summed E-state index contributed by atoms with van der Waals surface area (Å²) in [7, 11) is 0. The zero-order valence-electron chi connectivity index (χ0n) is 11.4. The normalized spacial score (nSPS) is 19.5. The monoisotopic (exact) mass is 247 g/mol. The molecule has 2 rings (SSSR count). The molecule has 1 aliphatic carbocycles. The fourth-order valence-electron chi connectivity index (χ4n) is 2.42. The van der Waals surface area contributed by atoms with Crippen LogP contribution in [0.5, 0.6) is 5.88 Å². The van der Waals surface area contributed by atoms with Gasteiger partial charge in [0.15, 0.2) is 6.29 Å². The Kier molecular flexibility index (Phi) is 3.69. The van der Waals surface area contributed by atoms with Crippen LogP contribution in [0.1, 0.15) is 55.5 Å². The van der Waals surface area contributed by atoms with Crippen molar-refractivity contribution in [2.45, 2.75) is 52.6 Å². The summed E-state index contributed by atoms with van der Waals surface area (Å²) in [6, 6.07) is 1.82. The third-order valence-corrected chi connectivity index (χ3v) is 3.75. The molecule has 98 valence electrons. The Hall–Kier alpha value is -1.38. The van der Waals surface area contributed by atoms with Gasteiger partial charge in [0.2, 0.25) is 5.88 Å². The first-order chi connectivity index (χ1) is 8.50. The molecule has 3 heteroatoms. The molecule has 0 spiro atoms. The molecule has 0 aromatic carbocycles. The number of nitrogens with zero attached hydrogens (tertiary/aromatic N) is 1. The van der Waals surface area contributed by atoms with Crippen molar-refractivity contribution >= 4 is 6.29 Å². The summed E-state index contributed by atoms with van der Waals surface area (Å²) in [5.41, 5.74) is 1.98. The van der Waals surface area contributed by atoms with Gasteiger partial charge < -0.3 is 4.74 Å². The van der Waals surface area contributed by atoms with Crippen LogP contribution in [0.15, 0.2) is 12.3 Å². The second-order valence-electron chi connectivity index (χ2n) is 5.99. The number of hydrogen-bond donors (Lipinski definition) is 0. The van der Waals surface area contributed by atoms with Crippen LogP contribution >= 0.6 is 0 Å². The molecule has 1 aromatic rings. The molecule has 1 saturated carbocycles. The first kappa shape index (κ1) is 13.1. The smallest absolute Gasteiger partial charge is 0.216 e. The topological polar surface area (TPSA) is 39.2 Å². The van der Waals surface area contributed by atoms with E-state index in [-0.39, 0.29) is 6.10 Å². The number of aromatic nitrogens is 1. The summed E-state index contributed by atoms with van der Waals surface area (Å²) < 4.78 is 5.95. The van der Waals surface area contributed by atoms with Gasteiger partial charge in [-0.1, -0.05) is 13.8 Å². The van der Waals surface area contributed by atoms with Crippen LogP contribution in [0.2, 0.25) is 0 Å². The van der Waals surface area contributed by atoms with E-state index in [1.165, 1.54) is 12.8 Å². The van der Waals surface area contributed by atoms with E-state index in [1.807, 2.05) is 13.0 Å². The molecule has 1 heterocycles. The Labute approximate surface area is 109 Å². The highest BCUT2D eigenvalue weighted by atomic mass is 16.5. The lowest BCUT2D eigenvalue weighted by molar-refractivity contribution is 0.0942. The Morgan fingerprint density at radius 2 is 2.06 bits per heavy atom. The van der Waals surface area contributed by atoms with Gasteiger partial charge in [-0.05, 0) is 44.1 Å². The zero-order valence-corrected chi connectivity index (χ0v) is 11.4. The highest BCUT2D eigenvalue weighted by molar-refractivity contribution is 5.74. The van der Waals surface area contributed by atoms with Gasteiger partial charge in [0, 0.05) is 17.3 Å². The van der Waals surface area contributed by atoms with Crippen molar-refractivity contribution < 1.29 is 9.53 Å². The van der Waals surface area contributed by atoms with E-state index in [0.717, 1.165) is 24.7 Å². The Morgan fingerprint density at radius 1 is 1.39 bits per heavy atom. The molecule has 0 aliphatic heterocycles. The van der Waals surface area contributed by atoms with E-state index in [0.29, 0.717) is 16.9 Å². The van der Waals surface area contributed by atoms with Crippen molar-refractivity contribution in [1.82, 2.24) is 4.98 Å². The largest absolute Gasteiger partial charge is 0.474 e. The minimum Gasteiger partial charge on any atom is -0.474 e. The average molecular weight is 247 g/mol. The highest BCUT2D eigenvalue weighted by Gasteiger charge is 2.28. The van der Waals surface area contributed by atoms with Crippen molar-refractivity contribution in [2.24, 2.45) is 5.41 Å². The maximum Gasteiger partial charge on any atom is 0.216 e. The molecular weight excluding hydrogens is 226 g/mol. The second kappa shape index (κ2) is 5.09. The maximum atomic E-state index is 10.7. The predicted octanol–water partition coefficient (Wildman–Crippen LogP) is 3.55. The fourth-order valence-corrected chi connectivity index (χ4v) is 2.42. The Bertz CT molecular complexity index is 430. The van der Waals surface area contributed by atoms with Crippen LogP contribution in [0.25, 0.3) is 0 Å². The summed E-state index contributed by atoms with van der Waals surface area (Å²) in [6.45, 7) is 6.55. The highest BCUT2D eigenvalue weighted by Crippen LogP contribution is 2.36. The van der Waals surface area contributed by atoms with Gasteiger partial charge in [-0.25, -0.2) is 4.98 Å². The SMILES string of the molecule is Cc1cc(C=O)cnc1OC1CCC(C)(C)CC1. The van der Waals surface area contributed by atoms with E-state index in [4.69, 9.17) is 4.74 Å². The molecule has 1 aromatic heterocycles. The van der Waals surface area contributed by atoms with Crippen LogP contribution in [-0.4, -0.2) is 17.4 Å². The molecule has 3 nitrogen and oxygen atoms in total. The lowest BCUT2D eigenvalue weighted by Gasteiger charge is -2.34. The van der Waals surface area contributed by atoms with Gasteiger partial charge in [0.25, 0.3) is 0 Å². The van der Waals surface area contributed by atoms with Crippen LogP contribution in [-0.2, 0) is 0 Å². The minimum absolute atomic E-state index is 0.270. The quantitative estimate of drug-likeness (QED) is 0.767. The maximum absolute atomic E-state index is 10.7. The fraction of sp³-hybridized carbons (Fsp3) is 0.600. The van der Waals surface area contributed by atoms with Crippen LogP contribution in [0, 0.1) is 12.3 Å². The Balaban J connectivity index is 2.00.